The van der Waals surface area contributed by atoms with Crippen LogP contribution in [0.1, 0.15) is 23.2 Å². The largest absolute Gasteiger partial charge is 0.462 e. The summed E-state index contributed by atoms with van der Waals surface area (Å²) in [6, 6.07) is 9.58. The van der Waals surface area contributed by atoms with E-state index >= 15 is 0 Å². The number of sulfonamides is 1. The van der Waals surface area contributed by atoms with Crippen LogP contribution in [0, 0.1) is 5.92 Å². The van der Waals surface area contributed by atoms with Crippen LogP contribution in [0.15, 0.2) is 52.0 Å². The highest BCUT2D eigenvalue weighted by Gasteiger charge is 2.41. The Hall–Kier alpha value is -4.04. The molecule has 3 aromatic heterocycles. The number of nitrogen functional groups attached to an aromatic ring is 1. The third-order valence-corrected chi connectivity index (χ3v) is 9.44. The van der Waals surface area contributed by atoms with Gasteiger partial charge in [0, 0.05) is 19.6 Å². The summed E-state index contributed by atoms with van der Waals surface area (Å²) in [4.78, 5) is 41.4. The number of rotatable bonds is 6. The number of piperidine rings is 1. The Morgan fingerprint density at radius 2 is 1.92 bits per heavy atom. The van der Waals surface area contributed by atoms with Gasteiger partial charge >= 0.3 is 0 Å². The zero-order valence-corrected chi connectivity index (χ0v) is 21.7. The summed E-state index contributed by atoms with van der Waals surface area (Å²) in [5.74, 6) is 0.474. The number of fused-ring (bicyclic) bond motifs is 2. The molecule has 0 bridgehead atoms. The zero-order valence-electron chi connectivity index (χ0n) is 20.0. The normalized spacial score (nSPS) is 17.2. The predicted molar refractivity (Wildman–Crippen MR) is 140 cm³/mol. The summed E-state index contributed by atoms with van der Waals surface area (Å²) in [5, 5.41) is 3.47. The Morgan fingerprint density at radius 3 is 2.66 bits per heavy atom. The highest BCUT2D eigenvalue weighted by atomic mass is 32.2. The fraction of sp³-hybridized carbons (Fsp3) is 0.292. The van der Waals surface area contributed by atoms with Gasteiger partial charge in [-0.2, -0.15) is 9.97 Å². The topological polar surface area (TPSA) is 165 Å². The molecule has 1 fully saturated rings. The molecule has 0 atom stereocenters. The quantitative estimate of drug-likeness (QED) is 0.361. The molecule has 1 aromatic carbocycles. The molecule has 12 nitrogen and oxygen atoms in total. The van der Waals surface area contributed by atoms with Crippen LogP contribution < -0.4 is 16.0 Å². The Balaban J connectivity index is 1.04. The third kappa shape index (κ3) is 4.24. The zero-order chi connectivity index (χ0) is 26.4. The van der Waals surface area contributed by atoms with E-state index < -0.39 is 28.4 Å². The highest BCUT2D eigenvalue weighted by Crippen LogP contribution is 2.33. The Morgan fingerprint density at radius 1 is 1.13 bits per heavy atom. The van der Waals surface area contributed by atoms with Gasteiger partial charge in [-0.25, -0.2) is 17.7 Å². The van der Waals surface area contributed by atoms with Crippen LogP contribution in [0.25, 0.3) is 21.1 Å². The fourth-order valence-corrected chi connectivity index (χ4v) is 7.08. The Bertz CT molecular complexity index is 1640. The smallest absolute Gasteiger partial charge is 0.269 e. The summed E-state index contributed by atoms with van der Waals surface area (Å²) < 4.78 is 31.4. The molecule has 196 valence electrons. The van der Waals surface area contributed by atoms with E-state index in [9.17, 15) is 18.0 Å². The number of furan rings is 1. The number of nitrogens with one attached hydrogen (secondary N) is 1. The molecule has 38 heavy (non-hydrogen) atoms. The molecule has 2 aliphatic rings. The number of anilines is 2. The lowest BCUT2D eigenvalue weighted by molar-refractivity contribution is -0.121. The number of hydrogen-bond acceptors (Lipinski definition) is 11. The molecule has 2 aliphatic heterocycles. The molecule has 0 spiro atoms. The number of benzene rings is 1. The van der Waals surface area contributed by atoms with Gasteiger partial charge in [0.1, 0.15) is 17.0 Å². The number of carbonyl (C=O) groups excluding carboxylic acids is 2. The van der Waals surface area contributed by atoms with E-state index in [0.717, 1.165) is 12.8 Å². The maximum Gasteiger partial charge on any atom is 0.269 e. The second kappa shape index (κ2) is 9.36. The Kier molecular flexibility index (Phi) is 5.99. The van der Waals surface area contributed by atoms with E-state index in [1.807, 2.05) is 11.0 Å². The number of amides is 2. The molecule has 14 heteroatoms. The van der Waals surface area contributed by atoms with E-state index in [-0.39, 0.29) is 16.4 Å². The van der Waals surface area contributed by atoms with Crippen LogP contribution in [0.4, 0.5) is 11.8 Å². The number of hydrogen-bond donors (Lipinski definition) is 2. The first kappa shape index (κ1) is 24.3. The molecule has 0 saturated carbocycles. The minimum absolute atomic E-state index is 0.0678. The number of nitrogens with zero attached hydrogens (tertiary/aromatic N) is 5. The molecule has 0 aliphatic carbocycles. The number of carbonyl (C=O) groups is 2. The van der Waals surface area contributed by atoms with E-state index in [0.29, 0.717) is 56.8 Å². The first-order valence-electron chi connectivity index (χ1n) is 12.0. The minimum atomic E-state index is -4.02. The molecule has 5 heterocycles. The standard InChI is InChI=1S/C24H23N7O5S2/c25-20-19-22(37-21(27-19)16-5-3-11-36-16)29-24(28-20)30-9-7-14(8-10-30)12-26-18(32)13-31-23(33)15-4-1-2-6-17(15)38(31,34)35/h1-6,11,14H,7-10,12-13H2,(H,26,32)(H2,25,28,29). The maximum absolute atomic E-state index is 12.7. The van der Waals surface area contributed by atoms with Crippen molar-refractivity contribution in [3.63, 3.8) is 0 Å². The van der Waals surface area contributed by atoms with Crippen molar-refractivity contribution in [2.75, 3.05) is 36.8 Å². The van der Waals surface area contributed by atoms with Crippen molar-refractivity contribution < 1.29 is 22.4 Å². The van der Waals surface area contributed by atoms with E-state index in [1.165, 1.54) is 23.5 Å². The van der Waals surface area contributed by atoms with Crippen molar-refractivity contribution in [2.45, 2.75) is 17.7 Å². The lowest BCUT2D eigenvalue weighted by Gasteiger charge is -2.32. The summed E-state index contributed by atoms with van der Waals surface area (Å²) in [6.07, 6.45) is 3.13. The van der Waals surface area contributed by atoms with E-state index in [4.69, 9.17) is 10.2 Å². The second-order valence-corrected chi connectivity index (χ2v) is 11.9. The van der Waals surface area contributed by atoms with Gasteiger partial charge < -0.3 is 20.4 Å². The van der Waals surface area contributed by atoms with Gasteiger partial charge in [-0.15, -0.1) is 0 Å². The summed E-state index contributed by atoms with van der Waals surface area (Å²) >= 11 is 1.39. The minimum Gasteiger partial charge on any atom is -0.462 e. The van der Waals surface area contributed by atoms with Crippen molar-refractivity contribution in [3.05, 3.63) is 48.2 Å². The average molecular weight is 554 g/mol. The Labute approximate surface area is 221 Å². The predicted octanol–water partition coefficient (Wildman–Crippen LogP) is 2.11. The molecule has 1 saturated heterocycles. The van der Waals surface area contributed by atoms with E-state index in [2.05, 4.69) is 20.3 Å². The van der Waals surface area contributed by atoms with E-state index in [1.54, 1.807) is 24.5 Å². The molecule has 2 amide bonds. The van der Waals surface area contributed by atoms with Crippen molar-refractivity contribution in [2.24, 2.45) is 5.92 Å². The summed E-state index contributed by atoms with van der Waals surface area (Å²) in [7, 11) is -4.02. The second-order valence-electron chi connectivity index (χ2n) is 9.11. The van der Waals surface area contributed by atoms with Gasteiger partial charge in [0.25, 0.3) is 15.9 Å². The average Bonchev–Trinajstić information content (AvgIpc) is 3.64. The van der Waals surface area contributed by atoms with Crippen LogP contribution in [0.3, 0.4) is 0 Å². The van der Waals surface area contributed by atoms with Crippen molar-refractivity contribution in [1.29, 1.82) is 0 Å². The number of aromatic nitrogens is 3. The van der Waals surface area contributed by atoms with Gasteiger partial charge in [-0.3, -0.25) is 9.59 Å². The maximum atomic E-state index is 12.7. The first-order valence-corrected chi connectivity index (χ1v) is 14.2. The lowest BCUT2D eigenvalue weighted by atomic mass is 9.97. The molecular formula is C24H23N7O5S2. The molecule has 3 N–H and O–H groups in total. The summed E-state index contributed by atoms with van der Waals surface area (Å²) in [5.41, 5.74) is 6.81. The van der Waals surface area contributed by atoms with Crippen molar-refractivity contribution >= 4 is 55.3 Å². The molecular weight excluding hydrogens is 530 g/mol. The van der Waals surface area contributed by atoms with Crippen LogP contribution in [0.2, 0.25) is 0 Å². The number of thiazole rings is 1. The van der Waals surface area contributed by atoms with Crippen LogP contribution in [-0.4, -0.2) is 65.7 Å². The monoisotopic (exact) mass is 553 g/mol. The van der Waals surface area contributed by atoms with Crippen molar-refractivity contribution in [1.82, 2.24) is 24.6 Å². The van der Waals surface area contributed by atoms with Gasteiger partial charge in [-0.1, -0.05) is 23.5 Å². The molecule has 0 radical (unpaired) electrons. The molecule has 4 aromatic rings. The third-order valence-electron chi connectivity index (χ3n) is 6.69. The lowest BCUT2D eigenvalue weighted by Crippen LogP contribution is -2.43. The SMILES string of the molecule is Nc1nc(N2CCC(CNC(=O)CN3C(=O)c4ccccc4S3(=O)=O)CC2)nc2sc(-c3ccco3)nc12. The first-order chi connectivity index (χ1) is 18.3. The van der Waals surface area contributed by atoms with Gasteiger partial charge in [0.2, 0.25) is 11.9 Å². The van der Waals surface area contributed by atoms with Crippen LogP contribution in [0.5, 0.6) is 0 Å². The fourth-order valence-electron chi connectivity index (χ4n) is 4.65. The van der Waals surface area contributed by atoms with Crippen molar-refractivity contribution in [3.8, 4) is 10.8 Å². The van der Waals surface area contributed by atoms with Gasteiger partial charge in [0.05, 0.1) is 11.8 Å². The van der Waals surface area contributed by atoms with Crippen LogP contribution >= 0.6 is 11.3 Å². The molecule has 0 unspecified atom stereocenters. The van der Waals surface area contributed by atoms with Gasteiger partial charge in [0.15, 0.2) is 21.4 Å². The molecule has 6 rings (SSSR count). The number of nitrogens with two attached hydrogens (primary N) is 1. The highest BCUT2D eigenvalue weighted by molar-refractivity contribution is 7.90. The van der Waals surface area contributed by atoms with Crippen LogP contribution in [-0.2, 0) is 14.8 Å². The van der Waals surface area contributed by atoms with Gasteiger partial charge in [-0.05, 0) is 43.0 Å². The summed E-state index contributed by atoms with van der Waals surface area (Å²) in [6.45, 7) is 1.18.